The van der Waals surface area contributed by atoms with Crippen molar-refractivity contribution in [3.63, 3.8) is 0 Å². The summed E-state index contributed by atoms with van der Waals surface area (Å²) in [5, 5.41) is 10.6. The second-order valence-electron chi connectivity index (χ2n) is 8.01. The maximum absolute atomic E-state index is 12.9. The van der Waals surface area contributed by atoms with Crippen LogP contribution in [0.3, 0.4) is 0 Å². The van der Waals surface area contributed by atoms with Crippen molar-refractivity contribution < 1.29 is 4.42 Å². The van der Waals surface area contributed by atoms with Crippen molar-refractivity contribution in [3.05, 3.63) is 105 Å². The molecule has 0 saturated carbocycles. The number of para-hydroxylation sites is 1. The molecule has 0 bridgehead atoms. The predicted molar refractivity (Wildman–Crippen MR) is 130 cm³/mol. The van der Waals surface area contributed by atoms with Gasteiger partial charge >= 0.3 is 11.3 Å². The van der Waals surface area contributed by atoms with Crippen LogP contribution in [0.5, 0.6) is 0 Å². The van der Waals surface area contributed by atoms with Crippen molar-refractivity contribution in [3.8, 4) is 22.9 Å². The van der Waals surface area contributed by atoms with Gasteiger partial charge in [-0.1, -0.05) is 36.4 Å². The Morgan fingerprint density at radius 2 is 1.79 bits per heavy atom. The SMILES string of the molecule is N#CCc1ccc(-n2c(=O)[nH]c3c(=O)oc4ccc(-c5cnc6ccccc6c5)cc4c32)cc1. The average Bonchev–Trinajstić information content (AvgIpc) is 3.22. The van der Waals surface area contributed by atoms with Gasteiger partial charge in [-0.2, -0.15) is 5.26 Å². The minimum atomic E-state index is -0.612. The molecule has 0 amide bonds. The Morgan fingerprint density at radius 1 is 0.971 bits per heavy atom. The lowest BCUT2D eigenvalue weighted by atomic mass is 10.0. The summed E-state index contributed by atoms with van der Waals surface area (Å²) in [5.74, 6) is 0. The summed E-state index contributed by atoms with van der Waals surface area (Å²) in [6, 6.07) is 24.7. The smallest absolute Gasteiger partial charge is 0.362 e. The lowest BCUT2D eigenvalue weighted by Gasteiger charge is -2.08. The fourth-order valence-electron chi connectivity index (χ4n) is 4.30. The van der Waals surface area contributed by atoms with Crippen LogP contribution in [0.1, 0.15) is 5.56 Å². The van der Waals surface area contributed by atoms with Gasteiger partial charge in [-0.3, -0.25) is 14.5 Å². The normalized spacial score (nSPS) is 11.3. The number of imidazole rings is 1. The predicted octanol–water partition coefficient (Wildman–Crippen LogP) is 4.71. The molecule has 0 atom stereocenters. The highest BCUT2D eigenvalue weighted by Gasteiger charge is 2.18. The zero-order valence-electron chi connectivity index (χ0n) is 17.8. The number of fused-ring (bicyclic) bond motifs is 4. The van der Waals surface area contributed by atoms with Gasteiger partial charge in [-0.05, 0) is 47.5 Å². The summed E-state index contributed by atoms with van der Waals surface area (Å²) in [6.45, 7) is 0. The molecule has 34 heavy (non-hydrogen) atoms. The zero-order chi connectivity index (χ0) is 23.2. The van der Waals surface area contributed by atoms with E-state index in [1.165, 1.54) is 4.57 Å². The highest BCUT2D eigenvalue weighted by molar-refractivity contribution is 6.03. The maximum atomic E-state index is 12.9. The van der Waals surface area contributed by atoms with E-state index < -0.39 is 11.3 Å². The third kappa shape index (κ3) is 3.09. The van der Waals surface area contributed by atoms with Crippen molar-refractivity contribution in [2.45, 2.75) is 6.42 Å². The van der Waals surface area contributed by atoms with Gasteiger partial charge in [0.15, 0.2) is 5.52 Å². The average molecular weight is 444 g/mol. The molecule has 0 fully saturated rings. The van der Waals surface area contributed by atoms with Crippen LogP contribution in [0.25, 0.3) is 49.7 Å². The first kappa shape index (κ1) is 19.7. The zero-order valence-corrected chi connectivity index (χ0v) is 17.8. The first-order valence-corrected chi connectivity index (χ1v) is 10.7. The molecule has 3 aromatic carbocycles. The number of H-pyrrole nitrogens is 1. The van der Waals surface area contributed by atoms with E-state index >= 15 is 0 Å². The number of nitrogens with zero attached hydrogens (tertiary/aromatic N) is 3. The van der Waals surface area contributed by atoms with Crippen molar-refractivity contribution in [1.82, 2.24) is 14.5 Å². The largest absolute Gasteiger partial charge is 0.421 e. The van der Waals surface area contributed by atoms with Crippen LogP contribution in [-0.2, 0) is 6.42 Å². The number of nitriles is 1. The van der Waals surface area contributed by atoms with Crippen LogP contribution in [0.2, 0.25) is 0 Å². The molecule has 0 saturated heterocycles. The minimum absolute atomic E-state index is 0.104. The third-order valence-corrected chi connectivity index (χ3v) is 5.94. The molecule has 0 spiro atoms. The Kier molecular flexibility index (Phi) is 4.39. The van der Waals surface area contributed by atoms with Gasteiger partial charge in [-0.25, -0.2) is 9.59 Å². The molecule has 7 heteroatoms. The summed E-state index contributed by atoms with van der Waals surface area (Å²) in [4.78, 5) is 32.7. The van der Waals surface area contributed by atoms with E-state index in [0.29, 0.717) is 22.2 Å². The molecule has 7 nitrogen and oxygen atoms in total. The van der Waals surface area contributed by atoms with Crippen molar-refractivity contribution >= 4 is 32.9 Å². The highest BCUT2D eigenvalue weighted by Crippen LogP contribution is 2.30. The monoisotopic (exact) mass is 444 g/mol. The Morgan fingerprint density at radius 3 is 2.62 bits per heavy atom. The minimum Gasteiger partial charge on any atom is -0.421 e. The van der Waals surface area contributed by atoms with Crippen LogP contribution in [0.4, 0.5) is 0 Å². The topological polar surface area (TPSA) is 105 Å². The van der Waals surface area contributed by atoms with E-state index in [9.17, 15) is 9.59 Å². The molecule has 0 aliphatic carbocycles. The van der Waals surface area contributed by atoms with E-state index in [4.69, 9.17) is 9.68 Å². The molecular weight excluding hydrogens is 428 g/mol. The number of nitrogens with one attached hydrogen (secondary N) is 1. The molecule has 0 radical (unpaired) electrons. The molecule has 0 aliphatic heterocycles. The molecule has 3 aromatic heterocycles. The standard InChI is InChI=1S/C27H16N4O3/c28-12-11-16-5-8-20(9-6-16)31-25-21-14-17(19-13-18-3-1-2-4-22(18)29-15-19)7-10-23(21)34-26(32)24(25)30-27(31)33/h1-10,13-15H,11H2,(H,30,33). The van der Waals surface area contributed by atoms with E-state index in [1.54, 1.807) is 36.5 Å². The van der Waals surface area contributed by atoms with E-state index in [1.807, 2.05) is 36.4 Å². The summed E-state index contributed by atoms with van der Waals surface area (Å²) in [7, 11) is 0. The van der Waals surface area contributed by atoms with Gasteiger partial charge in [0.25, 0.3) is 0 Å². The number of benzene rings is 3. The van der Waals surface area contributed by atoms with Gasteiger partial charge in [0.2, 0.25) is 0 Å². The fraction of sp³-hybridized carbons (Fsp3) is 0.0370. The third-order valence-electron chi connectivity index (χ3n) is 5.94. The Hall–Kier alpha value is -4.96. The number of hydrogen-bond acceptors (Lipinski definition) is 5. The first-order valence-electron chi connectivity index (χ1n) is 10.7. The lowest BCUT2D eigenvalue weighted by Crippen LogP contribution is -2.14. The summed E-state index contributed by atoms with van der Waals surface area (Å²) in [5.41, 5.74) is 3.99. The van der Waals surface area contributed by atoms with Gasteiger partial charge in [-0.15, -0.1) is 0 Å². The number of rotatable bonds is 3. The van der Waals surface area contributed by atoms with Crippen LogP contribution >= 0.6 is 0 Å². The van der Waals surface area contributed by atoms with Crippen LogP contribution in [-0.4, -0.2) is 14.5 Å². The van der Waals surface area contributed by atoms with Gasteiger partial charge in [0, 0.05) is 22.5 Å². The number of aromatic amines is 1. The van der Waals surface area contributed by atoms with Crippen LogP contribution in [0.15, 0.2) is 93.0 Å². The van der Waals surface area contributed by atoms with E-state index in [0.717, 1.165) is 27.6 Å². The van der Waals surface area contributed by atoms with E-state index in [2.05, 4.69) is 22.1 Å². The molecule has 6 aromatic rings. The highest BCUT2D eigenvalue weighted by atomic mass is 16.4. The summed E-state index contributed by atoms with van der Waals surface area (Å²) < 4.78 is 6.97. The molecule has 3 heterocycles. The molecule has 1 N–H and O–H groups in total. The second kappa shape index (κ2) is 7.57. The van der Waals surface area contributed by atoms with Crippen molar-refractivity contribution in [1.29, 1.82) is 5.26 Å². The van der Waals surface area contributed by atoms with Gasteiger partial charge < -0.3 is 4.42 Å². The maximum Gasteiger partial charge on any atom is 0.362 e. The lowest BCUT2D eigenvalue weighted by molar-refractivity contribution is 0.568. The molecule has 6 rings (SSSR count). The van der Waals surface area contributed by atoms with Gasteiger partial charge in [0.05, 0.1) is 29.2 Å². The quantitative estimate of drug-likeness (QED) is 0.398. The molecule has 162 valence electrons. The van der Waals surface area contributed by atoms with Gasteiger partial charge in [0.1, 0.15) is 5.58 Å². The summed E-state index contributed by atoms with van der Waals surface area (Å²) in [6.07, 6.45) is 2.08. The first-order chi connectivity index (χ1) is 16.6. The number of pyridine rings is 1. The Labute approximate surface area is 192 Å². The second-order valence-corrected chi connectivity index (χ2v) is 8.01. The Bertz CT molecular complexity index is 1890. The molecular formula is C27H16N4O3. The van der Waals surface area contributed by atoms with Crippen molar-refractivity contribution in [2.75, 3.05) is 0 Å². The van der Waals surface area contributed by atoms with E-state index in [-0.39, 0.29) is 11.9 Å². The Balaban J connectivity index is 1.62. The fourth-order valence-corrected chi connectivity index (χ4v) is 4.30. The van der Waals surface area contributed by atoms with Crippen molar-refractivity contribution in [2.24, 2.45) is 0 Å². The number of aromatic nitrogens is 3. The molecule has 0 unspecified atom stereocenters. The van der Waals surface area contributed by atoms with Crippen LogP contribution < -0.4 is 11.3 Å². The summed E-state index contributed by atoms with van der Waals surface area (Å²) >= 11 is 0. The van der Waals surface area contributed by atoms with Crippen LogP contribution in [0, 0.1) is 11.3 Å². The molecule has 0 aliphatic rings. The number of hydrogen-bond donors (Lipinski definition) is 1.